The smallest absolute Gasteiger partial charge is 0.300 e. The summed E-state index contributed by atoms with van der Waals surface area (Å²) >= 11 is 12.4. The number of Topliss-reactive ketones (excluding diaryl/α,β-unsaturated/α-hetero) is 1. The van der Waals surface area contributed by atoms with E-state index in [2.05, 4.69) is 4.98 Å². The number of ketones is 1. The largest absolute Gasteiger partial charge is 0.507 e. The van der Waals surface area contributed by atoms with Crippen molar-refractivity contribution in [3.63, 3.8) is 0 Å². The number of hydrogen-bond donors (Lipinski definition) is 1. The Hall–Kier alpha value is -3.35. The molecule has 3 aromatic rings. The van der Waals surface area contributed by atoms with Gasteiger partial charge in [-0.3, -0.25) is 19.5 Å². The van der Waals surface area contributed by atoms with E-state index in [-0.39, 0.29) is 11.1 Å². The van der Waals surface area contributed by atoms with Gasteiger partial charge < -0.3 is 9.84 Å². The molecular formula is C24H18Cl2N2O4. The van der Waals surface area contributed by atoms with Crippen LogP contribution >= 0.6 is 23.2 Å². The number of carbonyl (C=O) groups excluding carboxylic acids is 2. The molecule has 2 aromatic carbocycles. The van der Waals surface area contributed by atoms with Crippen molar-refractivity contribution < 1.29 is 19.4 Å². The first-order chi connectivity index (χ1) is 15.3. The Morgan fingerprint density at radius 2 is 1.88 bits per heavy atom. The van der Waals surface area contributed by atoms with Crippen LogP contribution in [0, 0.1) is 6.92 Å². The Labute approximate surface area is 194 Å². The minimum Gasteiger partial charge on any atom is -0.507 e. The fourth-order valence-corrected chi connectivity index (χ4v) is 4.11. The van der Waals surface area contributed by atoms with Gasteiger partial charge in [0.1, 0.15) is 17.6 Å². The number of aliphatic hydroxyl groups excluding tert-OH is 1. The molecular weight excluding hydrogens is 451 g/mol. The molecule has 1 unspecified atom stereocenters. The number of ether oxygens (including phenoxy) is 1. The maximum Gasteiger partial charge on any atom is 0.300 e. The summed E-state index contributed by atoms with van der Waals surface area (Å²) in [4.78, 5) is 32.1. The van der Waals surface area contributed by atoms with Crippen molar-refractivity contribution in [3.05, 3.63) is 93.2 Å². The number of rotatable bonds is 4. The van der Waals surface area contributed by atoms with E-state index in [0.29, 0.717) is 32.7 Å². The molecule has 0 saturated carbocycles. The lowest BCUT2D eigenvalue weighted by Crippen LogP contribution is -2.30. The second kappa shape index (κ2) is 8.65. The molecule has 1 aliphatic heterocycles. The molecule has 6 nitrogen and oxygen atoms in total. The van der Waals surface area contributed by atoms with Gasteiger partial charge in [0, 0.05) is 21.9 Å². The molecule has 32 heavy (non-hydrogen) atoms. The van der Waals surface area contributed by atoms with Crippen LogP contribution in [0.2, 0.25) is 10.0 Å². The number of methoxy groups -OCH3 is 1. The molecule has 1 aromatic heterocycles. The van der Waals surface area contributed by atoms with Crippen LogP contribution in [0.15, 0.2) is 66.4 Å². The molecule has 1 fully saturated rings. The highest BCUT2D eigenvalue weighted by molar-refractivity contribution is 6.52. The number of amides is 1. The van der Waals surface area contributed by atoms with E-state index in [4.69, 9.17) is 27.9 Å². The van der Waals surface area contributed by atoms with Gasteiger partial charge in [-0.25, -0.2) is 0 Å². The highest BCUT2D eigenvalue weighted by atomic mass is 35.5. The van der Waals surface area contributed by atoms with Gasteiger partial charge in [-0.05, 0) is 55.0 Å². The molecule has 1 saturated heterocycles. The second-order valence-electron chi connectivity index (χ2n) is 7.15. The number of pyridine rings is 1. The van der Waals surface area contributed by atoms with Crippen LogP contribution in [0.25, 0.3) is 5.76 Å². The SMILES string of the molecule is COc1ccc(Cl)cc1/C(O)=C1\C(=O)C(=O)N(c2cccc(Cl)c2C)C1c1ccccn1. The fraction of sp³-hybridized carbons (Fsp3) is 0.125. The van der Waals surface area contributed by atoms with Crippen LogP contribution in [0.3, 0.4) is 0 Å². The Morgan fingerprint density at radius 3 is 2.56 bits per heavy atom. The highest BCUT2D eigenvalue weighted by Crippen LogP contribution is 2.44. The van der Waals surface area contributed by atoms with Crippen LogP contribution in [0.1, 0.15) is 22.9 Å². The number of benzene rings is 2. The first-order valence-corrected chi connectivity index (χ1v) is 10.4. The monoisotopic (exact) mass is 468 g/mol. The number of halogens is 2. The summed E-state index contributed by atoms with van der Waals surface area (Å²) < 4.78 is 5.33. The van der Waals surface area contributed by atoms with E-state index in [0.717, 1.165) is 0 Å². The standard InChI is InChI=1S/C24H18Cl2N2O4/c1-13-16(26)6-5-8-18(13)28-21(17-7-3-4-11-27-17)20(23(30)24(28)31)22(29)15-12-14(25)9-10-19(15)32-2/h3-12,21,29H,1-2H3/b22-20+. The molecule has 4 rings (SSSR count). The Morgan fingerprint density at radius 1 is 1.09 bits per heavy atom. The predicted octanol–water partition coefficient (Wildman–Crippen LogP) is 5.33. The summed E-state index contributed by atoms with van der Waals surface area (Å²) in [5, 5.41) is 12.0. The Kier molecular flexibility index (Phi) is 5.91. The van der Waals surface area contributed by atoms with Crippen molar-refractivity contribution in [2.24, 2.45) is 0 Å². The van der Waals surface area contributed by atoms with Crippen molar-refractivity contribution in [2.75, 3.05) is 12.0 Å². The third-order valence-corrected chi connectivity index (χ3v) is 5.97. The van der Waals surface area contributed by atoms with Crippen LogP contribution in [0.4, 0.5) is 5.69 Å². The summed E-state index contributed by atoms with van der Waals surface area (Å²) in [6.45, 7) is 1.76. The van der Waals surface area contributed by atoms with E-state index in [1.54, 1.807) is 61.7 Å². The zero-order valence-electron chi connectivity index (χ0n) is 17.2. The maximum atomic E-state index is 13.2. The molecule has 0 aliphatic carbocycles. The second-order valence-corrected chi connectivity index (χ2v) is 8.00. The molecule has 0 bridgehead atoms. The molecule has 0 radical (unpaired) electrons. The average molecular weight is 469 g/mol. The predicted molar refractivity (Wildman–Crippen MR) is 123 cm³/mol. The minimum atomic E-state index is -0.975. The van der Waals surface area contributed by atoms with E-state index in [9.17, 15) is 14.7 Å². The lowest BCUT2D eigenvalue weighted by molar-refractivity contribution is -0.132. The summed E-state index contributed by atoms with van der Waals surface area (Å²) in [6, 6.07) is 13.9. The molecule has 0 spiro atoms. The Balaban J connectivity index is 2.01. The van der Waals surface area contributed by atoms with Crippen molar-refractivity contribution in [1.29, 1.82) is 0 Å². The van der Waals surface area contributed by atoms with Gasteiger partial charge in [-0.2, -0.15) is 0 Å². The third-order valence-electron chi connectivity index (χ3n) is 5.33. The van der Waals surface area contributed by atoms with Crippen LogP contribution in [-0.4, -0.2) is 28.9 Å². The van der Waals surface area contributed by atoms with Crippen molar-refractivity contribution in [2.45, 2.75) is 13.0 Å². The van der Waals surface area contributed by atoms with E-state index in [1.807, 2.05) is 0 Å². The Bertz CT molecular complexity index is 1260. The van der Waals surface area contributed by atoms with Crippen LogP contribution < -0.4 is 9.64 Å². The summed E-state index contributed by atoms with van der Waals surface area (Å²) in [7, 11) is 1.43. The van der Waals surface area contributed by atoms with Gasteiger partial charge in [-0.1, -0.05) is 35.3 Å². The lowest BCUT2D eigenvalue weighted by Gasteiger charge is -2.26. The van der Waals surface area contributed by atoms with E-state index in [1.165, 1.54) is 18.1 Å². The van der Waals surface area contributed by atoms with E-state index < -0.39 is 23.5 Å². The molecule has 1 aliphatic rings. The van der Waals surface area contributed by atoms with Crippen molar-refractivity contribution in [3.8, 4) is 5.75 Å². The molecule has 1 amide bonds. The highest BCUT2D eigenvalue weighted by Gasteiger charge is 2.48. The zero-order chi connectivity index (χ0) is 23.0. The van der Waals surface area contributed by atoms with Gasteiger partial charge in [-0.15, -0.1) is 0 Å². The maximum absolute atomic E-state index is 13.2. The van der Waals surface area contributed by atoms with Crippen LogP contribution in [0.5, 0.6) is 5.75 Å². The number of nitrogens with zero attached hydrogens (tertiary/aromatic N) is 2. The normalized spacial score (nSPS) is 17.6. The summed E-state index contributed by atoms with van der Waals surface area (Å²) in [5.74, 6) is -1.74. The van der Waals surface area contributed by atoms with Gasteiger partial charge >= 0.3 is 0 Å². The number of carbonyl (C=O) groups is 2. The van der Waals surface area contributed by atoms with Gasteiger partial charge in [0.2, 0.25) is 0 Å². The van der Waals surface area contributed by atoms with E-state index >= 15 is 0 Å². The molecule has 1 atom stereocenters. The number of aromatic nitrogens is 1. The van der Waals surface area contributed by atoms with Gasteiger partial charge in [0.25, 0.3) is 11.7 Å². The first-order valence-electron chi connectivity index (χ1n) is 9.66. The fourth-order valence-electron chi connectivity index (χ4n) is 3.77. The quantitative estimate of drug-likeness (QED) is 0.317. The lowest BCUT2D eigenvalue weighted by atomic mass is 9.97. The number of anilines is 1. The number of hydrogen-bond acceptors (Lipinski definition) is 5. The summed E-state index contributed by atoms with van der Waals surface area (Å²) in [6.07, 6.45) is 1.56. The number of aliphatic hydroxyl groups is 1. The molecule has 2 heterocycles. The minimum absolute atomic E-state index is 0.117. The van der Waals surface area contributed by atoms with Gasteiger partial charge in [0.15, 0.2) is 0 Å². The zero-order valence-corrected chi connectivity index (χ0v) is 18.7. The molecule has 8 heteroatoms. The topological polar surface area (TPSA) is 79.7 Å². The average Bonchev–Trinajstić information content (AvgIpc) is 3.06. The first kappa shape index (κ1) is 21.9. The van der Waals surface area contributed by atoms with Gasteiger partial charge in [0.05, 0.1) is 23.9 Å². The third kappa shape index (κ3) is 3.61. The van der Waals surface area contributed by atoms with Crippen molar-refractivity contribution in [1.82, 2.24) is 4.98 Å². The molecule has 1 N–H and O–H groups in total. The molecule has 162 valence electrons. The van der Waals surface area contributed by atoms with Crippen molar-refractivity contribution >= 4 is 46.3 Å². The summed E-state index contributed by atoms with van der Waals surface area (Å²) in [5.41, 5.74) is 1.56. The van der Waals surface area contributed by atoms with Crippen LogP contribution in [-0.2, 0) is 9.59 Å².